The summed E-state index contributed by atoms with van der Waals surface area (Å²) < 4.78 is 37.5. The molecule has 0 unspecified atom stereocenters. The van der Waals surface area contributed by atoms with Crippen molar-refractivity contribution in [3.05, 3.63) is 28.2 Å². The Morgan fingerprint density at radius 3 is 2.44 bits per heavy atom. The van der Waals surface area contributed by atoms with Gasteiger partial charge in [0.1, 0.15) is 0 Å². The van der Waals surface area contributed by atoms with Gasteiger partial charge in [-0.2, -0.15) is 13.2 Å². The van der Waals surface area contributed by atoms with Gasteiger partial charge in [-0.1, -0.05) is 31.9 Å². The fourth-order valence-corrected chi connectivity index (χ4v) is 1.65. The lowest BCUT2D eigenvalue weighted by atomic mass is 10.2. The summed E-state index contributed by atoms with van der Waals surface area (Å²) >= 11 is 5.86. The lowest BCUT2D eigenvalue weighted by molar-refractivity contribution is -0.137. The van der Waals surface area contributed by atoms with E-state index >= 15 is 0 Å². The third kappa shape index (κ3) is 3.79. The summed E-state index contributed by atoms with van der Waals surface area (Å²) in [4.78, 5) is 11.0. The molecular weight excluding hydrogens is 355 g/mol. The zero-order valence-electron chi connectivity index (χ0n) is 7.74. The second kappa shape index (κ2) is 5.18. The van der Waals surface area contributed by atoms with Crippen molar-refractivity contribution in [3.63, 3.8) is 0 Å². The van der Waals surface area contributed by atoms with Gasteiger partial charge in [0.05, 0.1) is 10.9 Å². The number of rotatable bonds is 2. The number of benzene rings is 1. The van der Waals surface area contributed by atoms with Crippen LogP contribution in [0.2, 0.25) is 0 Å². The van der Waals surface area contributed by atoms with Gasteiger partial charge in [0, 0.05) is 10.2 Å². The molecule has 16 heavy (non-hydrogen) atoms. The van der Waals surface area contributed by atoms with Crippen molar-refractivity contribution < 1.29 is 18.0 Å². The number of amides is 1. The van der Waals surface area contributed by atoms with Crippen molar-refractivity contribution in [1.29, 1.82) is 0 Å². The van der Waals surface area contributed by atoms with Crippen LogP contribution >= 0.6 is 31.9 Å². The predicted octanol–water partition coefficient (Wildman–Crippen LogP) is 3.80. The van der Waals surface area contributed by atoms with Crippen LogP contribution in [0.3, 0.4) is 0 Å². The summed E-state index contributed by atoms with van der Waals surface area (Å²) in [5.74, 6) is -0.411. The van der Waals surface area contributed by atoms with E-state index in [2.05, 4.69) is 37.2 Å². The molecule has 0 fully saturated rings. The first kappa shape index (κ1) is 13.5. The van der Waals surface area contributed by atoms with Crippen molar-refractivity contribution in [1.82, 2.24) is 0 Å². The van der Waals surface area contributed by atoms with Gasteiger partial charge in [-0.05, 0) is 18.2 Å². The van der Waals surface area contributed by atoms with Crippen LogP contribution in [-0.2, 0) is 11.0 Å². The van der Waals surface area contributed by atoms with Crippen LogP contribution < -0.4 is 5.32 Å². The number of anilines is 1. The summed E-state index contributed by atoms with van der Waals surface area (Å²) in [6, 6.07) is 3.23. The summed E-state index contributed by atoms with van der Waals surface area (Å²) in [5.41, 5.74) is -0.710. The van der Waals surface area contributed by atoms with E-state index in [1.54, 1.807) is 0 Å². The Labute approximate surface area is 106 Å². The minimum absolute atomic E-state index is 0.0286. The molecule has 7 heteroatoms. The Morgan fingerprint density at radius 2 is 1.94 bits per heavy atom. The molecule has 0 radical (unpaired) electrons. The van der Waals surface area contributed by atoms with E-state index in [1.807, 2.05) is 0 Å². The third-order valence-corrected chi connectivity index (χ3v) is 2.60. The standard InChI is InChI=1S/C9H6Br2F3NO/c10-4-8(16)15-7-2-5(9(12,13)14)1-6(11)3-7/h1-3H,4H2,(H,15,16). The highest BCUT2D eigenvalue weighted by Crippen LogP contribution is 2.33. The Hall–Kier alpha value is -0.560. The van der Waals surface area contributed by atoms with Crippen molar-refractivity contribution in [2.45, 2.75) is 6.18 Å². The molecule has 1 rings (SSSR count). The quantitative estimate of drug-likeness (QED) is 0.798. The molecule has 0 spiro atoms. The molecule has 0 aliphatic heterocycles. The third-order valence-electron chi connectivity index (χ3n) is 1.63. The molecule has 0 bridgehead atoms. The van der Waals surface area contributed by atoms with Gasteiger partial charge in [0.15, 0.2) is 0 Å². The van der Waals surface area contributed by atoms with E-state index in [1.165, 1.54) is 6.07 Å². The number of halogens is 5. The highest BCUT2D eigenvalue weighted by Gasteiger charge is 2.31. The van der Waals surface area contributed by atoms with Crippen molar-refractivity contribution in [2.75, 3.05) is 10.6 Å². The number of carbonyl (C=O) groups is 1. The molecule has 1 aromatic carbocycles. The largest absolute Gasteiger partial charge is 0.416 e. The maximum atomic E-state index is 12.4. The summed E-state index contributed by atoms with van der Waals surface area (Å²) in [5, 5.41) is 2.36. The fourth-order valence-electron chi connectivity index (χ4n) is 1.02. The minimum atomic E-state index is -4.43. The smallest absolute Gasteiger partial charge is 0.325 e. The number of nitrogens with one attached hydrogen (secondary N) is 1. The molecule has 1 amide bonds. The van der Waals surface area contributed by atoms with Gasteiger partial charge < -0.3 is 5.32 Å². The number of hydrogen-bond acceptors (Lipinski definition) is 1. The monoisotopic (exact) mass is 359 g/mol. The highest BCUT2D eigenvalue weighted by atomic mass is 79.9. The summed E-state index contributed by atoms with van der Waals surface area (Å²) in [6.45, 7) is 0. The molecule has 0 aromatic heterocycles. The zero-order valence-corrected chi connectivity index (χ0v) is 10.9. The van der Waals surface area contributed by atoms with Crippen molar-refractivity contribution >= 4 is 43.5 Å². The molecule has 1 aromatic rings. The Morgan fingerprint density at radius 1 is 1.31 bits per heavy atom. The number of carbonyl (C=O) groups excluding carboxylic acids is 1. The van der Waals surface area contributed by atoms with Gasteiger partial charge in [-0.25, -0.2) is 0 Å². The Bertz CT molecular complexity index is 406. The molecule has 0 saturated heterocycles. The molecule has 0 saturated carbocycles. The lowest BCUT2D eigenvalue weighted by Crippen LogP contribution is -2.13. The SMILES string of the molecule is O=C(CBr)Nc1cc(Br)cc(C(F)(F)F)c1. The van der Waals surface area contributed by atoms with Gasteiger partial charge in [0.25, 0.3) is 0 Å². The van der Waals surface area contributed by atoms with Crippen LogP contribution in [0.15, 0.2) is 22.7 Å². The van der Waals surface area contributed by atoms with E-state index < -0.39 is 17.6 Å². The van der Waals surface area contributed by atoms with Crippen LogP contribution in [0.1, 0.15) is 5.56 Å². The summed E-state index contributed by atoms with van der Waals surface area (Å²) in [7, 11) is 0. The molecule has 0 heterocycles. The van der Waals surface area contributed by atoms with E-state index in [4.69, 9.17) is 0 Å². The van der Waals surface area contributed by atoms with Gasteiger partial charge in [-0.15, -0.1) is 0 Å². The molecule has 0 aliphatic carbocycles. The Balaban J connectivity index is 3.04. The van der Waals surface area contributed by atoms with E-state index in [-0.39, 0.29) is 15.5 Å². The van der Waals surface area contributed by atoms with E-state index in [0.717, 1.165) is 12.1 Å². The van der Waals surface area contributed by atoms with Crippen molar-refractivity contribution in [3.8, 4) is 0 Å². The molecular formula is C9H6Br2F3NO. The maximum absolute atomic E-state index is 12.4. The average molecular weight is 361 g/mol. The molecule has 0 aliphatic rings. The predicted molar refractivity (Wildman–Crippen MR) is 61.6 cm³/mol. The minimum Gasteiger partial charge on any atom is -0.325 e. The van der Waals surface area contributed by atoms with Crippen LogP contribution in [0, 0.1) is 0 Å². The van der Waals surface area contributed by atoms with Gasteiger partial charge >= 0.3 is 6.18 Å². The zero-order chi connectivity index (χ0) is 12.3. The number of hydrogen-bond donors (Lipinski definition) is 1. The molecule has 0 atom stereocenters. The normalized spacial score (nSPS) is 11.3. The first-order valence-electron chi connectivity index (χ1n) is 4.06. The summed E-state index contributed by atoms with van der Waals surface area (Å²) in [6.07, 6.45) is -4.43. The molecule has 1 N–H and O–H groups in total. The Kier molecular flexibility index (Phi) is 4.37. The number of alkyl halides is 4. The molecule has 2 nitrogen and oxygen atoms in total. The topological polar surface area (TPSA) is 29.1 Å². The van der Waals surface area contributed by atoms with Crippen LogP contribution in [0.25, 0.3) is 0 Å². The van der Waals surface area contributed by atoms with Crippen LogP contribution in [-0.4, -0.2) is 11.2 Å². The lowest BCUT2D eigenvalue weighted by Gasteiger charge is -2.10. The molecule has 88 valence electrons. The van der Waals surface area contributed by atoms with Crippen LogP contribution in [0.5, 0.6) is 0 Å². The first-order valence-corrected chi connectivity index (χ1v) is 5.98. The highest BCUT2D eigenvalue weighted by molar-refractivity contribution is 9.10. The van der Waals surface area contributed by atoms with E-state index in [0.29, 0.717) is 0 Å². The van der Waals surface area contributed by atoms with Crippen LogP contribution in [0.4, 0.5) is 18.9 Å². The van der Waals surface area contributed by atoms with E-state index in [9.17, 15) is 18.0 Å². The van der Waals surface area contributed by atoms with Crippen molar-refractivity contribution in [2.24, 2.45) is 0 Å². The first-order chi connectivity index (χ1) is 7.32. The fraction of sp³-hybridized carbons (Fsp3) is 0.222. The van der Waals surface area contributed by atoms with Gasteiger partial charge in [0.2, 0.25) is 5.91 Å². The second-order valence-electron chi connectivity index (χ2n) is 2.91. The second-order valence-corrected chi connectivity index (χ2v) is 4.38. The maximum Gasteiger partial charge on any atom is 0.416 e. The average Bonchev–Trinajstić information content (AvgIpc) is 2.15. The van der Waals surface area contributed by atoms with Gasteiger partial charge in [-0.3, -0.25) is 4.79 Å².